The standard InChI is InChI=1S/C8H17NO3.C2H6/c1-6(8(10)11)7(5-12-4)9(2)3;1-2/h6-7H,5H2,1-4H3,(H,10,11);1-2H3. The zero-order valence-corrected chi connectivity index (χ0v) is 10.1. The van der Waals surface area contributed by atoms with Gasteiger partial charge in [-0.1, -0.05) is 20.8 Å². The second-order valence-corrected chi connectivity index (χ2v) is 3.11. The molecule has 0 bridgehead atoms. The number of rotatable bonds is 5. The lowest BCUT2D eigenvalue weighted by molar-refractivity contribution is -0.144. The smallest absolute Gasteiger partial charge is 0.307 e. The average molecular weight is 205 g/mol. The van der Waals surface area contributed by atoms with Crippen molar-refractivity contribution in [2.24, 2.45) is 5.92 Å². The van der Waals surface area contributed by atoms with Gasteiger partial charge in [-0.25, -0.2) is 0 Å². The molecular formula is C10H23NO3. The lowest BCUT2D eigenvalue weighted by atomic mass is 10.0. The highest BCUT2D eigenvalue weighted by molar-refractivity contribution is 5.70. The summed E-state index contributed by atoms with van der Waals surface area (Å²) in [5.74, 6) is -1.19. The van der Waals surface area contributed by atoms with Crippen molar-refractivity contribution < 1.29 is 14.6 Å². The maximum atomic E-state index is 10.6. The van der Waals surface area contributed by atoms with Crippen LogP contribution in [0.1, 0.15) is 20.8 Å². The van der Waals surface area contributed by atoms with E-state index in [2.05, 4.69) is 0 Å². The molecule has 2 unspecified atom stereocenters. The fourth-order valence-corrected chi connectivity index (χ4v) is 1.08. The first-order chi connectivity index (χ1) is 6.50. The van der Waals surface area contributed by atoms with Gasteiger partial charge in [-0.15, -0.1) is 0 Å². The number of nitrogens with zero attached hydrogens (tertiary/aromatic N) is 1. The molecule has 0 rings (SSSR count). The molecule has 4 nitrogen and oxygen atoms in total. The Balaban J connectivity index is 0. The molecule has 0 amide bonds. The van der Waals surface area contributed by atoms with Crippen LogP contribution in [-0.2, 0) is 9.53 Å². The van der Waals surface area contributed by atoms with E-state index < -0.39 is 11.9 Å². The predicted molar refractivity (Wildman–Crippen MR) is 57.5 cm³/mol. The summed E-state index contributed by atoms with van der Waals surface area (Å²) in [5.41, 5.74) is 0. The molecular weight excluding hydrogens is 182 g/mol. The van der Waals surface area contributed by atoms with Gasteiger partial charge in [-0.3, -0.25) is 4.79 Å². The van der Waals surface area contributed by atoms with Crippen molar-refractivity contribution in [1.29, 1.82) is 0 Å². The van der Waals surface area contributed by atoms with Crippen LogP contribution in [0, 0.1) is 5.92 Å². The summed E-state index contributed by atoms with van der Waals surface area (Å²) in [5, 5.41) is 8.75. The van der Waals surface area contributed by atoms with Crippen LogP contribution in [0.4, 0.5) is 0 Å². The molecule has 4 heteroatoms. The lowest BCUT2D eigenvalue weighted by Gasteiger charge is -2.26. The largest absolute Gasteiger partial charge is 0.481 e. The number of hydrogen-bond acceptors (Lipinski definition) is 3. The molecule has 0 aliphatic carbocycles. The Labute approximate surface area is 86.9 Å². The number of hydrogen-bond donors (Lipinski definition) is 1. The van der Waals surface area contributed by atoms with Gasteiger partial charge in [-0.05, 0) is 14.1 Å². The van der Waals surface area contributed by atoms with Gasteiger partial charge >= 0.3 is 5.97 Å². The van der Waals surface area contributed by atoms with E-state index in [1.54, 1.807) is 14.0 Å². The Kier molecular flexibility index (Phi) is 10.1. The number of aliphatic carboxylic acids is 1. The Morgan fingerprint density at radius 2 is 1.86 bits per heavy atom. The fourth-order valence-electron chi connectivity index (χ4n) is 1.08. The van der Waals surface area contributed by atoms with Crippen LogP contribution < -0.4 is 0 Å². The van der Waals surface area contributed by atoms with Crippen LogP contribution in [0.15, 0.2) is 0 Å². The molecule has 1 N–H and O–H groups in total. The topological polar surface area (TPSA) is 49.8 Å². The minimum atomic E-state index is -0.786. The van der Waals surface area contributed by atoms with E-state index in [0.717, 1.165) is 0 Å². The van der Waals surface area contributed by atoms with Crippen molar-refractivity contribution in [2.45, 2.75) is 26.8 Å². The monoisotopic (exact) mass is 205 g/mol. The van der Waals surface area contributed by atoms with Crippen molar-refractivity contribution in [3.63, 3.8) is 0 Å². The highest BCUT2D eigenvalue weighted by atomic mass is 16.5. The van der Waals surface area contributed by atoms with Crippen molar-refractivity contribution in [1.82, 2.24) is 4.90 Å². The van der Waals surface area contributed by atoms with Gasteiger partial charge in [0.15, 0.2) is 0 Å². The van der Waals surface area contributed by atoms with E-state index in [4.69, 9.17) is 9.84 Å². The minimum Gasteiger partial charge on any atom is -0.481 e. The van der Waals surface area contributed by atoms with Gasteiger partial charge in [0.25, 0.3) is 0 Å². The molecule has 0 spiro atoms. The lowest BCUT2D eigenvalue weighted by Crippen LogP contribution is -2.41. The van der Waals surface area contributed by atoms with Crippen LogP contribution in [0.5, 0.6) is 0 Å². The van der Waals surface area contributed by atoms with E-state index in [0.29, 0.717) is 6.61 Å². The van der Waals surface area contributed by atoms with E-state index in [-0.39, 0.29) is 6.04 Å². The number of methoxy groups -OCH3 is 1. The van der Waals surface area contributed by atoms with Crippen molar-refractivity contribution in [3.05, 3.63) is 0 Å². The molecule has 0 aliphatic rings. The van der Waals surface area contributed by atoms with E-state index in [1.807, 2.05) is 32.8 Å². The van der Waals surface area contributed by atoms with Crippen LogP contribution >= 0.6 is 0 Å². The molecule has 0 aliphatic heterocycles. The Bertz CT molecular complexity index is 148. The van der Waals surface area contributed by atoms with E-state index >= 15 is 0 Å². The summed E-state index contributed by atoms with van der Waals surface area (Å²) in [7, 11) is 5.28. The molecule has 0 saturated carbocycles. The van der Waals surface area contributed by atoms with Gasteiger partial charge in [-0.2, -0.15) is 0 Å². The highest BCUT2D eigenvalue weighted by Gasteiger charge is 2.24. The van der Waals surface area contributed by atoms with Crippen LogP contribution in [0.25, 0.3) is 0 Å². The number of likely N-dealkylation sites (N-methyl/N-ethyl adjacent to an activating group) is 1. The molecule has 14 heavy (non-hydrogen) atoms. The van der Waals surface area contributed by atoms with Crippen molar-refractivity contribution in [2.75, 3.05) is 27.8 Å². The maximum Gasteiger partial charge on any atom is 0.307 e. The zero-order chi connectivity index (χ0) is 11.7. The average Bonchev–Trinajstić information content (AvgIpc) is 2.15. The second kappa shape index (κ2) is 8.97. The van der Waals surface area contributed by atoms with Gasteiger partial charge < -0.3 is 14.7 Å². The first kappa shape index (κ1) is 15.8. The predicted octanol–water partition coefficient (Wildman–Crippen LogP) is 1.31. The van der Waals surface area contributed by atoms with Gasteiger partial charge in [0.05, 0.1) is 12.5 Å². The molecule has 0 radical (unpaired) electrons. The first-order valence-corrected chi connectivity index (χ1v) is 4.88. The number of carbonyl (C=O) groups is 1. The summed E-state index contributed by atoms with van der Waals surface area (Å²) >= 11 is 0. The fraction of sp³-hybridized carbons (Fsp3) is 0.900. The highest BCUT2D eigenvalue weighted by Crippen LogP contribution is 2.08. The SMILES string of the molecule is CC.COCC(C(C)C(=O)O)N(C)C. The Morgan fingerprint density at radius 3 is 2.07 bits per heavy atom. The molecule has 0 aromatic rings. The third kappa shape index (κ3) is 5.94. The summed E-state index contributed by atoms with van der Waals surface area (Å²) in [4.78, 5) is 12.5. The van der Waals surface area contributed by atoms with Crippen LogP contribution in [-0.4, -0.2) is 49.8 Å². The normalized spacial score (nSPS) is 14.2. The quantitative estimate of drug-likeness (QED) is 0.735. The summed E-state index contributed by atoms with van der Waals surface area (Å²) in [6.07, 6.45) is 0. The Morgan fingerprint density at radius 1 is 1.43 bits per heavy atom. The van der Waals surface area contributed by atoms with Crippen LogP contribution in [0.2, 0.25) is 0 Å². The molecule has 0 aromatic heterocycles. The van der Waals surface area contributed by atoms with Crippen molar-refractivity contribution >= 4 is 5.97 Å². The maximum absolute atomic E-state index is 10.6. The van der Waals surface area contributed by atoms with E-state index in [9.17, 15) is 4.79 Å². The summed E-state index contributed by atoms with van der Waals surface area (Å²) < 4.78 is 4.93. The Hall–Kier alpha value is -0.610. The van der Waals surface area contributed by atoms with Gasteiger partial charge in [0, 0.05) is 13.2 Å². The number of carboxylic acids is 1. The molecule has 2 atom stereocenters. The molecule has 0 aromatic carbocycles. The third-order valence-electron chi connectivity index (χ3n) is 1.97. The summed E-state index contributed by atoms with van der Waals surface area (Å²) in [6, 6.07) is -0.0625. The van der Waals surface area contributed by atoms with Gasteiger partial charge in [0.1, 0.15) is 0 Å². The number of carboxylic acid groups (broad SMARTS) is 1. The third-order valence-corrected chi connectivity index (χ3v) is 1.97. The molecule has 86 valence electrons. The van der Waals surface area contributed by atoms with Crippen molar-refractivity contribution in [3.8, 4) is 0 Å². The minimum absolute atomic E-state index is 0.0625. The summed E-state index contributed by atoms with van der Waals surface area (Å²) in [6.45, 7) is 6.13. The molecule has 0 saturated heterocycles. The molecule has 0 fully saturated rings. The van der Waals surface area contributed by atoms with Crippen LogP contribution in [0.3, 0.4) is 0 Å². The second-order valence-electron chi connectivity index (χ2n) is 3.11. The van der Waals surface area contributed by atoms with Gasteiger partial charge in [0.2, 0.25) is 0 Å². The first-order valence-electron chi connectivity index (χ1n) is 4.88. The zero-order valence-electron chi connectivity index (χ0n) is 10.1. The molecule has 0 heterocycles. The van der Waals surface area contributed by atoms with E-state index in [1.165, 1.54) is 0 Å². The number of ether oxygens (including phenoxy) is 1.